The zero-order chi connectivity index (χ0) is 20.2. The Labute approximate surface area is 173 Å². The Bertz CT molecular complexity index is 1050. The summed E-state index contributed by atoms with van der Waals surface area (Å²) in [5, 5.41) is 7.80. The number of anilines is 2. The average Bonchev–Trinajstić information content (AvgIpc) is 3.14. The van der Waals surface area contributed by atoms with E-state index in [2.05, 4.69) is 27.8 Å². The summed E-state index contributed by atoms with van der Waals surface area (Å²) in [6.07, 6.45) is 1.12. The van der Waals surface area contributed by atoms with Gasteiger partial charge in [0, 0.05) is 24.2 Å². The quantitative estimate of drug-likeness (QED) is 0.681. The van der Waals surface area contributed by atoms with Gasteiger partial charge in [0.25, 0.3) is 0 Å². The Morgan fingerprint density at radius 2 is 1.93 bits per heavy atom. The minimum atomic E-state index is -0.351. The predicted molar refractivity (Wildman–Crippen MR) is 115 cm³/mol. The molecule has 0 saturated carbocycles. The zero-order valence-electron chi connectivity index (χ0n) is 16.1. The number of carbonyl (C=O) groups excluding carboxylic acids is 2. The molecule has 0 saturated heterocycles. The smallest absolute Gasteiger partial charge is 0.325 e. The highest BCUT2D eigenvalue weighted by molar-refractivity contribution is 7.14. The van der Waals surface area contributed by atoms with E-state index in [9.17, 15) is 9.59 Å². The second-order valence-corrected chi connectivity index (χ2v) is 7.96. The highest BCUT2D eigenvalue weighted by atomic mass is 32.1. The number of fused-ring (bicyclic) bond motifs is 1. The van der Waals surface area contributed by atoms with Gasteiger partial charge in [0.15, 0.2) is 5.13 Å². The second-order valence-electron chi connectivity index (χ2n) is 7.10. The summed E-state index contributed by atoms with van der Waals surface area (Å²) < 4.78 is 0. The van der Waals surface area contributed by atoms with Gasteiger partial charge in [-0.2, -0.15) is 0 Å². The average molecular weight is 407 g/mol. The number of aromatic nitrogens is 1. The molecule has 4 rings (SSSR count). The van der Waals surface area contributed by atoms with Crippen molar-refractivity contribution in [3.63, 3.8) is 0 Å². The second kappa shape index (κ2) is 8.45. The van der Waals surface area contributed by atoms with Crippen LogP contribution in [0.4, 0.5) is 15.6 Å². The maximum Gasteiger partial charge on any atom is 0.325 e. The summed E-state index contributed by atoms with van der Waals surface area (Å²) in [5.41, 5.74) is 4.99. The van der Waals surface area contributed by atoms with Gasteiger partial charge in [-0.15, -0.1) is 11.3 Å². The third-order valence-corrected chi connectivity index (χ3v) is 5.67. The molecule has 29 heavy (non-hydrogen) atoms. The molecule has 0 radical (unpaired) electrons. The molecule has 1 aliphatic heterocycles. The number of thiazole rings is 1. The Morgan fingerprint density at radius 3 is 2.76 bits per heavy atom. The normalized spacial score (nSPS) is 12.9. The molecule has 0 fully saturated rings. The maximum atomic E-state index is 12.7. The molecule has 6 nitrogen and oxygen atoms in total. The van der Waals surface area contributed by atoms with Gasteiger partial charge in [0.1, 0.15) is 0 Å². The molecule has 1 aromatic heterocycles. The van der Waals surface area contributed by atoms with Crippen molar-refractivity contribution in [2.75, 3.05) is 17.2 Å². The van der Waals surface area contributed by atoms with Gasteiger partial charge in [-0.05, 0) is 42.2 Å². The van der Waals surface area contributed by atoms with Crippen LogP contribution < -0.4 is 10.6 Å². The van der Waals surface area contributed by atoms with E-state index in [0.29, 0.717) is 17.4 Å². The number of aryl methyl sites for hydroxylation is 1. The van der Waals surface area contributed by atoms with Gasteiger partial charge in [-0.3, -0.25) is 10.1 Å². The topological polar surface area (TPSA) is 74.3 Å². The summed E-state index contributed by atoms with van der Waals surface area (Å²) in [5.74, 6) is 0.0561. The SMILES string of the molecule is Cc1cccc(NC(=O)Nc2nc(CC(=O)N3CCc4ccccc4C3)cs2)c1. The number of nitrogens with zero attached hydrogens (tertiary/aromatic N) is 2. The molecule has 7 heteroatoms. The lowest BCUT2D eigenvalue weighted by Gasteiger charge is -2.28. The van der Waals surface area contributed by atoms with Crippen LogP contribution in [-0.4, -0.2) is 28.4 Å². The van der Waals surface area contributed by atoms with Crippen LogP contribution in [0.15, 0.2) is 53.9 Å². The first kappa shape index (κ1) is 19.1. The number of nitrogens with one attached hydrogen (secondary N) is 2. The molecule has 148 valence electrons. The van der Waals surface area contributed by atoms with Crippen molar-refractivity contribution in [3.05, 3.63) is 76.3 Å². The first-order chi connectivity index (χ1) is 14.1. The zero-order valence-corrected chi connectivity index (χ0v) is 17.0. The number of carbonyl (C=O) groups is 2. The van der Waals surface area contributed by atoms with Crippen molar-refractivity contribution in [2.45, 2.75) is 26.3 Å². The largest absolute Gasteiger partial charge is 0.338 e. The third kappa shape index (κ3) is 4.81. The first-order valence-corrected chi connectivity index (χ1v) is 10.4. The van der Waals surface area contributed by atoms with Crippen LogP contribution in [0.2, 0.25) is 0 Å². The summed E-state index contributed by atoms with van der Waals surface area (Å²) >= 11 is 1.32. The summed E-state index contributed by atoms with van der Waals surface area (Å²) in [6, 6.07) is 15.5. The predicted octanol–water partition coefficient (Wildman–Crippen LogP) is 4.22. The molecule has 0 aliphatic carbocycles. The van der Waals surface area contributed by atoms with Gasteiger partial charge < -0.3 is 10.2 Å². The van der Waals surface area contributed by atoms with E-state index in [-0.39, 0.29) is 18.4 Å². The Balaban J connectivity index is 1.32. The standard InChI is InChI=1S/C22H22N4O2S/c1-15-5-4-8-18(11-15)23-21(28)25-22-24-19(14-29-22)12-20(27)26-10-9-16-6-2-3-7-17(16)13-26/h2-8,11,14H,9-10,12-13H2,1H3,(H2,23,24,25,28). The monoisotopic (exact) mass is 406 g/mol. The van der Waals surface area contributed by atoms with E-state index >= 15 is 0 Å². The van der Waals surface area contributed by atoms with Crippen LogP contribution >= 0.6 is 11.3 Å². The third-order valence-electron chi connectivity index (χ3n) is 4.86. The van der Waals surface area contributed by atoms with Crippen molar-refractivity contribution in [1.29, 1.82) is 0 Å². The lowest BCUT2D eigenvalue weighted by molar-refractivity contribution is -0.131. The first-order valence-electron chi connectivity index (χ1n) is 9.50. The van der Waals surface area contributed by atoms with E-state index in [0.717, 1.165) is 24.2 Å². The Hall–Kier alpha value is -3.19. The minimum absolute atomic E-state index is 0.0561. The van der Waals surface area contributed by atoms with Gasteiger partial charge in [-0.25, -0.2) is 9.78 Å². The lowest BCUT2D eigenvalue weighted by Crippen LogP contribution is -2.36. The summed E-state index contributed by atoms with van der Waals surface area (Å²) in [4.78, 5) is 31.1. The number of hydrogen-bond donors (Lipinski definition) is 2. The molecule has 0 bridgehead atoms. The van der Waals surface area contributed by atoms with Crippen molar-refractivity contribution in [2.24, 2.45) is 0 Å². The van der Waals surface area contributed by atoms with Gasteiger partial charge >= 0.3 is 6.03 Å². The molecular weight excluding hydrogens is 384 g/mol. The van der Waals surface area contributed by atoms with Gasteiger partial charge in [-0.1, -0.05) is 36.4 Å². The number of rotatable bonds is 4. The van der Waals surface area contributed by atoms with Crippen molar-refractivity contribution in [3.8, 4) is 0 Å². The Morgan fingerprint density at radius 1 is 1.10 bits per heavy atom. The molecular formula is C22H22N4O2S. The van der Waals surface area contributed by atoms with E-state index < -0.39 is 0 Å². The summed E-state index contributed by atoms with van der Waals surface area (Å²) in [6.45, 7) is 3.33. The van der Waals surface area contributed by atoms with Gasteiger partial charge in [0.05, 0.1) is 12.1 Å². The van der Waals surface area contributed by atoms with Gasteiger partial charge in [0.2, 0.25) is 5.91 Å². The minimum Gasteiger partial charge on any atom is -0.338 e. The molecule has 2 aromatic carbocycles. The molecule has 0 unspecified atom stereocenters. The highest BCUT2D eigenvalue weighted by Crippen LogP contribution is 2.21. The number of urea groups is 1. The molecule has 2 N–H and O–H groups in total. The number of hydrogen-bond acceptors (Lipinski definition) is 4. The van der Waals surface area contributed by atoms with Crippen molar-refractivity contribution < 1.29 is 9.59 Å². The Kier molecular flexibility index (Phi) is 5.57. The molecule has 3 aromatic rings. The van der Waals surface area contributed by atoms with Crippen LogP contribution in [0.5, 0.6) is 0 Å². The van der Waals surface area contributed by atoms with Crippen LogP contribution in [0, 0.1) is 6.92 Å². The fraction of sp³-hybridized carbons (Fsp3) is 0.227. The van der Waals surface area contributed by atoms with E-state index in [1.165, 1.54) is 22.5 Å². The van der Waals surface area contributed by atoms with Crippen molar-refractivity contribution in [1.82, 2.24) is 9.88 Å². The molecule has 3 amide bonds. The number of benzene rings is 2. The maximum absolute atomic E-state index is 12.7. The van der Waals surface area contributed by atoms with Crippen LogP contribution in [0.25, 0.3) is 0 Å². The molecule has 2 heterocycles. The summed E-state index contributed by atoms with van der Waals surface area (Å²) in [7, 11) is 0. The van der Waals surface area contributed by atoms with E-state index in [1.54, 1.807) is 0 Å². The molecule has 0 spiro atoms. The molecule has 0 atom stereocenters. The van der Waals surface area contributed by atoms with Crippen LogP contribution in [-0.2, 0) is 24.2 Å². The van der Waals surface area contributed by atoms with Crippen LogP contribution in [0.3, 0.4) is 0 Å². The van der Waals surface area contributed by atoms with Crippen molar-refractivity contribution >= 4 is 34.1 Å². The number of amides is 3. The fourth-order valence-electron chi connectivity index (χ4n) is 3.40. The molecule has 1 aliphatic rings. The lowest BCUT2D eigenvalue weighted by atomic mass is 10.00. The highest BCUT2D eigenvalue weighted by Gasteiger charge is 2.21. The van der Waals surface area contributed by atoms with E-state index in [4.69, 9.17) is 0 Å². The van der Waals surface area contributed by atoms with Crippen LogP contribution in [0.1, 0.15) is 22.4 Å². The van der Waals surface area contributed by atoms with E-state index in [1.807, 2.05) is 53.6 Å². The fourth-order valence-corrected chi connectivity index (χ4v) is 4.11.